The summed E-state index contributed by atoms with van der Waals surface area (Å²) in [6.07, 6.45) is 5.99. The minimum atomic E-state index is -0.465. The zero-order valence-corrected chi connectivity index (χ0v) is 14.6. The van der Waals surface area contributed by atoms with Crippen LogP contribution in [0.25, 0.3) is 22.2 Å². The molecule has 1 aliphatic heterocycles. The minimum absolute atomic E-state index is 0.465. The average molecular weight is 350 g/mol. The van der Waals surface area contributed by atoms with E-state index in [1.54, 1.807) is 12.4 Å². The molecule has 3 heterocycles. The van der Waals surface area contributed by atoms with Crippen LogP contribution in [0.1, 0.15) is 23.2 Å². The molecule has 0 atom stereocenters. The Morgan fingerprint density at radius 3 is 2.92 bits per heavy atom. The van der Waals surface area contributed by atoms with E-state index < -0.39 is 5.91 Å². The lowest BCUT2D eigenvalue weighted by molar-refractivity contribution is 0.100. The zero-order chi connectivity index (χ0) is 17.9. The summed E-state index contributed by atoms with van der Waals surface area (Å²) in [6, 6.07) is 9.55. The molecular formula is C20H22N4O2. The van der Waals surface area contributed by atoms with E-state index in [-0.39, 0.29) is 0 Å². The number of hydrogen-bond acceptors (Lipinski definition) is 4. The van der Waals surface area contributed by atoms with Gasteiger partial charge in [-0.2, -0.15) is 0 Å². The molecule has 1 aromatic carbocycles. The van der Waals surface area contributed by atoms with Crippen molar-refractivity contribution >= 4 is 16.9 Å². The molecule has 1 amide bonds. The van der Waals surface area contributed by atoms with Crippen molar-refractivity contribution in [1.82, 2.24) is 14.9 Å². The van der Waals surface area contributed by atoms with Gasteiger partial charge in [0, 0.05) is 29.9 Å². The maximum atomic E-state index is 12.1. The SMILES string of the molecule is NC(=O)c1c(-c2cccc(OCCN3CCCC3)c2)cnc2[nH]ccc12. The van der Waals surface area contributed by atoms with Gasteiger partial charge in [0.2, 0.25) is 5.91 Å². The van der Waals surface area contributed by atoms with Crippen LogP contribution in [0, 0.1) is 0 Å². The second kappa shape index (κ2) is 7.17. The van der Waals surface area contributed by atoms with Gasteiger partial charge in [0.25, 0.3) is 0 Å². The molecule has 3 aromatic rings. The van der Waals surface area contributed by atoms with Gasteiger partial charge in [-0.1, -0.05) is 12.1 Å². The third-order valence-electron chi connectivity index (χ3n) is 4.85. The number of pyridine rings is 1. The van der Waals surface area contributed by atoms with Crippen LogP contribution in [0.2, 0.25) is 0 Å². The fraction of sp³-hybridized carbons (Fsp3) is 0.300. The van der Waals surface area contributed by atoms with E-state index in [2.05, 4.69) is 14.9 Å². The Hall–Kier alpha value is -2.86. The normalized spacial score (nSPS) is 14.8. The second-order valence-corrected chi connectivity index (χ2v) is 6.58. The van der Waals surface area contributed by atoms with Gasteiger partial charge in [-0.25, -0.2) is 4.98 Å². The van der Waals surface area contributed by atoms with E-state index >= 15 is 0 Å². The number of rotatable bonds is 6. The molecule has 3 N–H and O–H groups in total. The molecule has 0 bridgehead atoms. The molecule has 4 rings (SSSR count). The monoisotopic (exact) mass is 350 g/mol. The Morgan fingerprint density at radius 1 is 1.27 bits per heavy atom. The number of nitrogens with one attached hydrogen (secondary N) is 1. The Bertz CT molecular complexity index is 928. The Balaban J connectivity index is 1.59. The van der Waals surface area contributed by atoms with Crippen molar-refractivity contribution in [3.05, 3.63) is 48.3 Å². The first-order valence-electron chi connectivity index (χ1n) is 8.94. The molecule has 1 aliphatic rings. The van der Waals surface area contributed by atoms with Crippen LogP contribution in [-0.4, -0.2) is 47.0 Å². The van der Waals surface area contributed by atoms with Gasteiger partial charge in [0.05, 0.1) is 5.56 Å². The number of likely N-dealkylation sites (tertiary alicyclic amines) is 1. The van der Waals surface area contributed by atoms with Gasteiger partial charge in [-0.15, -0.1) is 0 Å². The third-order valence-corrected chi connectivity index (χ3v) is 4.85. The smallest absolute Gasteiger partial charge is 0.250 e. The van der Waals surface area contributed by atoms with Crippen molar-refractivity contribution in [2.45, 2.75) is 12.8 Å². The van der Waals surface area contributed by atoms with E-state index in [9.17, 15) is 4.79 Å². The number of ether oxygens (including phenoxy) is 1. The fourth-order valence-corrected chi connectivity index (χ4v) is 3.54. The molecule has 1 saturated heterocycles. The molecule has 0 radical (unpaired) electrons. The predicted octanol–water partition coefficient (Wildman–Crippen LogP) is 2.80. The van der Waals surface area contributed by atoms with Crippen molar-refractivity contribution in [3.63, 3.8) is 0 Å². The molecule has 134 valence electrons. The van der Waals surface area contributed by atoms with E-state index in [0.29, 0.717) is 17.8 Å². The highest BCUT2D eigenvalue weighted by Crippen LogP contribution is 2.30. The van der Waals surface area contributed by atoms with Crippen LogP contribution in [0.5, 0.6) is 5.75 Å². The number of nitrogens with zero attached hydrogens (tertiary/aromatic N) is 2. The first-order chi connectivity index (χ1) is 12.7. The quantitative estimate of drug-likeness (QED) is 0.716. The average Bonchev–Trinajstić information content (AvgIpc) is 3.32. The molecule has 6 heteroatoms. The number of benzene rings is 1. The number of amides is 1. The van der Waals surface area contributed by atoms with Crippen molar-refractivity contribution in [3.8, 4) is 16.9 Å². The second-order valence-electron chi connectivity index (χ2n) is 6.58. The standard InChI is InChI=1S/C20H22N4O2/c21-19(25)18-16-6-7-22-20(16)23-13-17(18)14-4-3-5-15(12-14)26-11-10-24-8-1-2-9-24/h3-7,12-13H,1-2,8-11H2,(H2,21,25)(H,22,23). The van der Waals surface area contributed by atoms with Crippen molar-refractivity contribution in [2.75, 3.05) is 26.2 Å². The van der Waals surface area contributed by atoms with Crippen LogP contribution in [0.15, 0.2) is 42.7 Å². The lowest BCUT2D eigenvalue weighted by Gasteiger charge is -2.15. The van der Waals surface area contributed by atoms with Crippen LogP contribution in [-0.2, 0) is 0 Å². The molecule has 26 heavy (non-hydrogen) atoms. The van der Waals surface area contributed by atoms with Crippen LogP contribution in [0.4, 0.5) is 0 Å². The summed E-state index contributed by atoms with van der Waals surface area (Å²) in [5.74, 6) is 0.318. The highest BCUT2D eigenvalue weighted by molar-refractivity contribution is 6.10. The zero-order valence-electron chi connectivity index (χ0n) is 14.6. The Kier molecular flexibility index (Phi) is 4.58. The topological polar surface area (TPSA) is 84.2 Å². The van der Waals surface area contributed by atoms with Crippen LogP contribution >= 0.6 is 0 Å². The largest absolute Gasteiger partial charge is 0.492 e. The molecule has 1 fully saturated rings. The highest BCUT2D eigenvalue weighted by Gasteiger charge is 2.16. The number of aromatic amines is 1. The van der Waals surface area contributed by atoms with Gasteiger partial charge in [-0.3, -0.25) is 9.69 Å². The first-order valence-corrected chi connectivity index (χ1v) is 8.94. The van der Waals surface area contributed by atoms with E-state index in [1.807, 2.05) is 30.3 Å². The maximum absolute atomic E-state index is 12.1. The van der Waals surface area contributed by atoms with Crippen molar-refractivity contribution in [1.29, 1.82) is 0 Å². The molecule has 0 aliphatic carbocycles. The third kappa shape index (κ3) is 3.28. The summed E-state index contributed by atoms with van der Waals surface area (Å²) in [5, 5.41) is 0.732. The predicted molar refractivity (Wildman–Crippen MR) is 101 cm³/mol. The summed E-state index contributed by atoms with van der Waals surface area (Å²) in [6.45, 7) is 3.91. The lowest BCUT2D eigenvalue weighted by Crippen LogP contribution is -2.25. The van der Waals surface area contributed by atoms with Crippen LogP contribution < -0.4 is 10.5 Å². The van der Waals surface area contributed by atoms with Crippen molar-refractivity contribution in [2.24, 2.45) is 5.73 Å². The summed E-state index contributed by atoms with van der Waals surface area (Å²) in [4.78, 5) is 21.9. The molecule has 0 unspecified atom stereocenters. The van der Waals surface area contributed by atoms with Gasteiger partial charge in [0.15, 0.2) is 0 Å². The molecule has 0 spiro atoms. The molecule has 0 saturated carbocycles. The summed E-state index contributed by atoms with van der Waals surface area (Å²) in [7, 11) is 0. The number of fused-ring (bicyclic) bond motifs is 1. The molecule has 6 nitrogen and oxygen atoms in total. The first kappa shape index (κ1) is 16.6. The maximum Gasteiger partial charge on any atom is 0.250 e. The summed E-state index contributed by atoms with van der Waals surface area (Å²) in [5.41, 5.74) is 8.36. The number of nitrogens with two attached hydrogens (primary N) is 1. The van der Waals surface area contributed by atoms with Gasteiger partial charge < -0.3 is 15.5 Å². The highest BCUT2D eigenvalue weighted by atomic mass is 16.5. The summed E-state index contributed by atoms with van der Waals surface area (Å²) >= 11 is 0. The van der Waals surface area contributed by atoms with E-state index in [0.717, 1.165) is 41.9 Å². The molecule has 2 aromatic heterocycles. The molecular weight excluding hydrogens is 328 g/mol. The van der Waals surface area contributed by atoms with Crippen molar-refractivity contribution < 1.29 is 9.53 Å². The van der Waals surface area contributed by atoms with Gasteiger partial charge >= 0.3 is 0 Å². The number of H-pyrrole nitrogens is 1. The number of carbonyl (C=O) groups excluding carboxylic acids is 1. The number of primary amides is 1. The fourth-order valence-electron chi connectivity index (χ4n) is 3.54. The number of aromatic nitrogens is 2. The number of hydrogen-bond donors (Lipinski definition) is 2. The number of carbonyl (C=O) groups is 1. The van der Waals surface area contributed by atoms with E-state index in [1.165, 1.54) is 12.8 Å². The Morgan fingerprint density at radius 2 is 2.12 bits per heavy atom. The Labute approximate surface area is 152 Å². The van der Waals surface area contributed by atoms with Gasteiger partial charge in [0.1, 0.15) is 18.0 Å². The van der Waals surface area contributed by atoms with Crippen LogP contribution in [0.3, 0.4) is 0 Å². The van der Waals surface area contributed by atoms with Gasteiger partial charge in [-0.05, 0) is 49.7 Å². The lowest BCUT2D eigenvalue weighted by atomic mass is 9.99. The summed E-state index contributed by atoms with van der Waals surface area (Å²) < 4.78 is 5.92. The minimum Gasteiger partial charge on any atom is -0.492 e. The van der Waals surface area contributed by atoms with E-state index in [4.69, 9.17) is 10.5 Å².